The summed E-state index contributed by atoms with van der Waals surface area (Å²) in [6, 6.07) is 14.3. The van der Waals surface area contributed by atoms with Gasteiger partial charge in [0.15, 0.2) is 5.96 Å². The minimum atomic E-state index is -0.255. The molecule has 1 heterocycles. The molecule has 0 aromatic heterocycles. The highest BCUT2D eigenvalue weighted by Crippen LogP contribution is 2.25. The Morgan fingerprint density at radius 1 is 1.23 bits per heavy atom. The quantitative estimate of drug-likeness (QED) is 0.539. The van der Waals surface area contributed by atoms with Crippen molar-refractivity contribution in [1.82, 2.24) is 10.2 Å². The molecule has 166 valence electrons. The van der Waals surface area contributed by atoms with Crippen LogP contribution in [0.25, 0.3) is 0 Å². The summed E-state index contributed by atoms with van der Waals surface area (Å²) in [5.74, 6) is 0.551. The van der Waals surface area contributed by atoms with E-state index in [4.69, 9.17) is 4.74 Å². The number of nitrogens with zero attached hydrogens (tertiary/aromatic N) is 2. The zero-order valence-corrected chi connectivity index (χ0v) is 18.4. The molecule has 1 fully saturated rings. The monoisotopic (exact) mass is 426 g/mol. The first-order valence-corrected chi connectivity index (χ1v) is 10.7. The Kier molecular flexibility index (Phi) is 8.00. The number of ether oxygens (including phenoxy) is 1. The van der Waals surface area contributed by atoms with Gasteiger partial charge in [0.1, 0.15) is 11.9 Å². The van der Waals surface area contributed by atoms with Gasteiger partial charge in [-0.25, -0.2) is 4.39 Å². The zero-order valence-electron chi connectivity index (χ0n) is 18.4. The Morgan fingerprint density at radius 2 is 2.00 bits per heavy atom. The third-order valence-corrected chi connectivity index (χ3v) is 5.15. The topological polar surface area (TPSA) is 66.0 Å². The van der Waals surface area contributed by atoms with Crippen LogP contribution in [-0.2, 0) is 16.1 Å². The maximum absolute atomic E-state index is 13.3. The Balaban J connectivity index is 1.63. The molecule has 0 radical (unpaired) electrons. The number of hydrogen-bond acceptors (Lipinski definition) is 3. The fourth-order valence-electron chi connectivity index (χ4n) is 3.71. The number of rotatable bonds is 6. The van der Waals surface area contributed by atoms with Crippen molar-refractivity contribution in [3.8, 4) is 0 Å². The number of benzene rings is 2. The maximum atomic E-state index is 13.3. The highest BCUT2D eigenvalue weighted by molar-refractivity contribution is 5.90. The van der Waals surface area contributed by atoms with Gasteiger partial charge in [0.05, 0.1) is 12.6 Å². The van der Waals surface area contributed by atoms with E-state index in [9.17, 15) is 9.18 Å². The molecular formula is C24H31FN4O2. The lowest BCUT2D eigenvalue weighted by atomic mass is 10.1. The molecule has 3 rings (SSSR count). The van der Waals surface area contributed by atoms with Crippen molar-refractivity contribution < 1.29 is 13.9 Å². The molecule has 6 nitrogen and oxygen atoms in total. The van der Waals surface area contributed by atoms with Crippen molar-refractivity contribution in [2.24, 2.45) is 4.99 Å². The molecule has 7 heteroatoms. The largest absolute Gasteiger partial charge is 0.367 e. The molecule has 0 aliphatic carbocycles. The van der Waals surface area contributed by atoms with Gasteiger partial charge in [-0.2, -0.15) is 0 Å². The first-order chi connectivity index (χ1) is 15.0. The normalized spacial score (nSPS) is 19.2. The zero-order chi connectivity index (χ0) is 22.2. The number of guanidine groups is 1. The summed E-state index contributed by atoms with van der Waals surface area (Å²) < 4.78 is 19.4. The standard InChI is InChI=1S/C24H31FN4O2/c1-4-6-23(30)28-21-8-5-7-18(13-21)14-27-24(26-3)29-15-17(2)31-22(16-29)19-9-11-20(25)12-10-19/h5,7-13,17,22H,4,6,14-16H2,1-3H3,(H,26,27)(H,28,30). The molecule has 2 aromatic carbocycles. The summed E-state index contributed by atoms with van der Waals surface area (Å²) >= 11 is 0. The highest BCUT2D eigenvalue weighted by Gasteiger charge is 2.28. The Morgan fingerprint density at radius 3 is 2.71 bits per heavy atom. The van der Waals surface area contributed by atoms with E-state index < -0.39 is 0 Å². The molecule has 1 aliphatic rings. The van der Waals surface area contributed by atoms with Crippen LogP contribution in [0.2, 0.25) is 0 Å². The second-order valence-corrected chi connectivity index (χ2v) is 7.79. The van der Waals surface area contributed by atoms with E-state index in [1.54, 1.807) is 19.2 Å². The summed E-state index contributed by atoms with van der Waals surface area (Å²) in [4.78, 5) is 18.5. The molecule has 1 saturated heterocycles. The number of carbonyl (C=O) groups is 1. The van der Waals surface area contributed by atoms with Gasteiger partial charge in [0.2, 0.25) is 5.91 Å². The maximum Gasteiger partial charge on any atom is 0.224 e. The van der Waals surface area contributed by atoms with E-state index in [2.05, 4.69) is 20.5 Å². The molecule has 2 unspecified atom stereocenters. The highest BCUT2D eigenvalue weighted by atomic mass is 19.1. The van der Waals surface area contributed by atoms with Gasteiger partial charge in [-0.3, -0.25) is 9.79 Å². The van der Waals surface area contributed by atoms with Crippen LogP contribution in [0, 0.1) is 5.82 Å². The molecule has 31 heavy (non-hydrogen) atoms. The van der Waals surface area contributed by atoms with Crippen LogP contribution in [0.3, 0.4) is 0 Å². The second-order valence-electron chi connectivity index (χ2n) is 7.79. The van der Waals surface area contributed by atoms with Gasteiger partial charge < -0.3 is 20.3 Å². The fourth-order valence-corrected chi connectivity index (χ4v) is 3.71. The van der Waals surface area contributed by atoms with Gasteiger partial charge in [-0.05, 0) is 48.7 Å². The van der Waals surface area contributed by atoms with Crippen LogP contribution in [0.1, 0.15) is 43.9 Å². The third kappa shape index (κ3) is 6.52. The van der Waals surface area contributed by atoms with E-state index in [0.29, 0.717) is 26.1 Å². The van der Waals surface area contributed by atoms with Crippen molar-refractivity contribution in [2.75, 3.05) is 25.5 Å². The Hall–Kier alpha value is -2.93. The summed E-state index contributed by atoms with van der Waals surface area (Å²) in [6.07, 6.45) is 1.19. The SMILES string of the molecule is CCCC(=O)Nc1cccc(CNC(=NC)N2CC(C)OC(c3ccc(F)cc3)C2)c1. The number of carbonyl (C=O) groups excluding carboxylic acids is 1. The lowest BCUT2D eigenvalue weighted by molar-refractivity contribution is -0.116. The summed E-state index contributed by atoms with van der Waals surface area (Å²) in [5, 5.41) is 6.34. The van der Waals surface area contributed by atoms with Crippen molar-refractivity contribution in [1.29, 1.82) is 0 Å². The Bertz CT molecular complexity index is 901. The van der Waals surface area contributed by atoms with Crippen LogP contribution in [-0.4, -0.2) is 43.0 Å². The number of morpholine rings is 1. The van der Waals surface area contributed by atoms with Crippen molar-refractivity contribution >= 4 is 17.6 Å². The molecule has 1 amide bonds. The lowest BCUT2D eigenvalue weighted by Crippen LogP contribution is -2.50. The number of nitrogens with one attached hydrogen (secondary N) is 2. The van der Waals surface area contributed by atoms with Crippen molar-refractivity contribution in [3.05, 3.63) is 65.5 Å². The summed E-state index contributed by atoms with van der Waals surface area (Å²) in [5.41, 5.74) is 2.79. The predicted molar refractivity (Wildman–Crippen MR) is 121 cm³/mol. The molecular weight excluding hydrogens is 395 g/mol. The average molecular weight is 427 g/mol. The third-order valence-electron chi connectivity index (χ3n) is 5.15. The molecule has 0 bridgehead atoms. The number of amides is 1. The van der Waals surface area contributed by atoms with E-state index in [-0.39, 0.29) is 23.9 Å². The molecule has 2 atom stereocenters. The number of halogens is 1. The van der Waals surface area contributed by atoms with Crippen LogP contribution >= 0.6 is 0 Å². The first kappa shape index (κ1) is 22.7. The number of aliphatic imine (C=N–C) groups is 1. The minimum absolute atomic E-state index is 0.0134. The first-order valence-electron chi connectivity index (χ1n) is 10.7. The second kappa shape index (κ2) is 10.9. The Labute approximate surface area is 183 Å². The van der Waals surface area contributed by atoms with Gasteiger partial charge in [-0.15, -0.1) is 0 Å². The molecule has 0 spiro atoms. The van der Waals surface area contributed by atoms with E-state index in [1.165, 1.54) is 12.1 Å². The molecule has 0 saturated carbocycles. The van der Waals surface area contributed by atoms with Crippen LogP contribution in [0.4, 0.5) is 10.1 Å². The van der Waals surface area contributed by atoms with E-state index in [1.807, 2.05) is 38.1 Å². The van der Waals surface area contributed by atoms with Gasteiger partial charge >= 0.3 is 0 Å². The van der Waals surface area contributed by atoms with Gasteiger partial charge in [-0.1, -0.05) is 31.2 Å². The molecule has 2 N–H and O–H groups in total. The van der Waals surface area contributed by atoms with Crippen molar-refractivity contribution in [2.45, 2.75) is 45.4 Å². The number of anilines is 1. The smallest absolute Gasteiger partial charge is 0.224 e. The van der Waals surface area contributed by atoms with Crippen molar-refractivity contribution in [3.63, 3.8) is 0 Å². The van der Waals surface area contributed by atoms with Crippen LogP contribution < -0.4 is 10.6 Å². The number of hydrogen-bond donors (Lipinski definition) is 2. The van der Waals surface area contributed by atoms with Gasteiger partial charge in [0, 0.05) is 32.2 Å². The summed E-state index contributed by atoms with van der Waals surface area (Å²) in [7, 11) is 1.76. The minimum Gasteiger partial charge on any atom is -0.367 e. The van der Waals surface area contributed by atoms with E-state index in [0.717, 1.165) is 29.2 Å². The van der Waals surface area contributed by atoms with E-state index >= 15 is 0 Å². The molecule has 2 aromatic rings. The molecule has 1 aliphatic heterocycles. The summed E-state index contributed by atoms with van der Waals surface area (Å²) in [6.45, 7) is 5.93. The predicted octanol–water partition coefficient (Wildman–Crippen LogP) is 4.10. The van der Waals surface area contributed by atoms with Gasteiger partial charge in [0.25, 0.3) is 0 Å². The van der Waals surface area contributed by atoms with Crippen LogP contribution in [0.15, 0.2) is 53.5 Å². The fraction of sp³-hybridized carbons (Fsp3) is 0.417. The average Bonchev–Trinajstić information content (AvgIpc) is 2.75. The lowest BCUT2D eigenvalue weighted by Gasteiger charge is -2.38. The van der Waals surface area contributed by atoms with Crippen LogP contribution in [0.5, 0.6) is 0 Å².